The first-order valence-corrected chi connectivity index (χ1v) is 16.0. The molecule has 0 spiro atoms. The highest BCUT2D eigenvalue weighted by Crippen LogP contribution is 2.38. The van der Waals surface area contributed by atoms with Crippen molar-refractivity contribution in [2.45, 2.75) is 64.9 Å². The van der Waals surface area contributed by atoms with Gasteiger partial charge >= 0.3 is 0 Å². The Labute approximate surface area is 246 Å². The smallest absolute Gasteiger partial charge is 0.261 e. The minimum absolute atomic E-state index is 0.188. The molecule has 1 unspecified atom stereocenters. The lowest BCUT2D eigenvalue weighted by Crippen LogP contribution is -2.67. The molecule has 3 atom stereocenters. The number of hydrogen-bond donors (Lipinski definition) is 1. The Balaban J connectivity index is 1.65. The SMILES string of the molecule is COc1ccc(COCCC#CC(O)/C(F)=C\[C@@H](C)[C@H](C)O[Si](c2ccccc2)(c2ccccc2)C(C)(C)C)cc1. The molecular formula is C35H43FO4Si. The van der Waals surface area contributed by atoms with E-state index < -0.39 is 20.2 Å². The van der Waals surface area contributed by atoms with Gasteiger partial charge in [0, 0.05) is 18.4 Å². The van der Waals surface area contributed by atoms with Crippen LogP contribution in [0.2, 0.25) is 5.04 Å². The number of aliphatic hydroxyl groups is 1. The van der Waals surface area contributed by atoms with Gasteiger partial charge in [-0.1, -0.05) is 112 Å². The van der Waals surface area contributed by atoms with Crippen LogP contribution in [0.25, 0.3) is 0 Å². The first kappa shape index (κ1) is 32.3. The van der Waals surface area contributed by atoms with Gasteiger partial charge in [0.25, 0.3) is 8.32 Å². The zero-order chi connectivity index (χ0) is 29.9. The second-order valence-corrected chi connectivity index (χ2v) is 15.5. The van der Waals surface area contributed by atoms with Crippen LogP contribution in [0.1, 0.15) is 46.6 Å². The van der Waals surface area contributed by atoms with Crippen molar-refractivity contribution >= 4 is 18.7 Å². The fourth-order valence-corrected chi connectivity index (χ4v) is 9.62. The lowest BCUT2D eigenvalue weighted by molar-refractivity contribution is 0.126. The van der Waals surface area contributed by atoms with Crippen LogP contribution in [-0.4, -0.2) is 39.3 Å². The van der Waals surface area contributed by atoms with Gasteiger partial charge in [0.2, 0.25) is 0 Å². The molecule has 0 bridgehead atoms. The van der Waals surface area contributed by atoms with Crippen molar-refractivity contribution in [3.63, 3.8) is 0 Å². The molecule has 1 N–H and O–H groups in total. The van der Waals surface area contributed by atoms with E-state index in [1.54, 1.807) is 7.11 Å². The molecule has 218 valence electrons. The van der Waals surface area contributed by atoms with Gasteiger partial charge in [-0.15, -0.1) is 0 Å². The van der Waals surface area contributed by atoms with Gasteiger partial charge in [-0.2, -0.15) is 0 Å². The summed E-state index contributed by atoms with van der Waals surface area (Å²) in [6.07, 6.45) is 0.0310. The van der Waals surface area contributed by atoms with E-state index >= 15 is 4.39 Å². The molecule has 0 aliphatic heterocycles. The van der Waals surface area contributed by atoms with E-state index in [1.807, 2.05) is 74.5 Å². The number of rotatable bonds is 12. The maximum atomic E-state index is 15.0. The maximum Gasteiger partial charge on any atom is 0.261 e. The highest BCUT2D eigenvalue weighted by molar-refractivity contribution is 6.99. The molecule has 0 heterocycles. The molecular weight excluding hydrogens is 531 g/mol. The summed E-state index contributed by atoms with van der Waals surface area (Å²) in [5, 5.41) is 12.5. The first-order valence-electron chi connectivity index (χ1n) is 14.1. The number of halogens is 1. The summed E-state index contributed by atoms with van der Waals surface area (Å²) in [5.41, 5.74) is 1.02. The third-order valence-corrected chi connectivity index (χ3v) is 12.4. The number of ether oxygens (including phenoxy) is 2. The van der Waals surface area contributed by atoms with E-state index in [2.05, 4.69) is 56.9 Å². The summed E-state index contributed by atoms with van der Waals surface area (Å²) in [5.74, 6) is 5.26. The highest BCUT2D eigenvalue weighted by atomic mass is 28.4. The predicted molar refractivity (Wildman–Crippen MR) is 168 cm³/mol. The van der Waals surface area contributed by atoms with Crippen LogP contribution in [0.3, 0.4) is 0 Å². The van der Waals surface area contributed by atoms with Crippen LogP contribution in [0.5, 0.6) is 5.75 Å². The Morgan fingerprint density at radius 1 is 0.927 bits per heavy atom. The average Bonchev–Trinajstić information content (AvgIpc) is 2.97. The number of aliphatic hydroxyl groups excluding tert-OH is 1. The quantitative estimate of drug-likeness (QED) is 0.154. The van der Waals surface area contributed by atoms with E-state index in [4.69, 9.17) is 13.9 Å². The lowest BCUT2D eigenvalue weighted by Gasteiger charge is -2.45. The second kappa shape index (κ2) is 15.1. The zero-order valence-electron chi connectivity index (χ0n) is 25.1. The van der Waals surface area contributed by atoms with Gasteiger partial charge in [-0.05, 0) is 46.1 Å². The fraction of sp³-hybridized carbons (Fsp3) is 0.371. The molecule has 0 aliphatic carbocycles. The van der Waals surface area contributed by atoms with Gasteiger partial charge in [-0.25, -0.2) is 4.39 Å². The molecule has 0 saturated carbocycles. The van der Waals surface area contributed by atoms with Crippen molar-refractivity contribution in [3.05, 3.63) is 102 Å². The topological polar surface area (TPSA) is 47.9 Å². The predicted octanol–water partition coefficient (Wildman–Crippen LogP) is 6.42. The molecule has 4 nitrogen and oxygen atoms in total. The molecule has 41 heavy (non-hydrogen) atoms. The molecule has 0 amide bonds. The van der Waals surface area contributed by atoms with Gasteiger partial charge in [-0.3, -0.25) is 0 Å². The normalized spacial score (nSPS) is 14.5. The minimum atomic E-state index is -2.78. The summed E-state index contributed by atoms with van der Waals surface area (Å²) < 4.78 is 32.9. The van der Waals surface area contributed by atoms with Crippen molar-refractivity contribution in [1.29, 1.82) is 0 Å². The number of hydrogen-bond acceptors (Lipinski definition) is 4. The van der Waals surface area contributed by atoms with Crippen molar-refractivity contribution in [2.75, 3.05) is 13.7 Å². The minimum Gasteiger partial charge on any atom is -0.497 e. The first-order chi connectivity index (χ1) is 19.6. The van der Waals surface area contributed by atoms with Crippen LogP contribution in [0.4, 0.5) is 4.39 Å². The third-order valence-electron chi connectivity index (χ3n) is 7.24. The molecule has 0 radical (unpaired) electrons. The van der Waals surface area contributed by atoms with Gasteiger partial charge < -0.3 is 19.0 Å². The van der Waals surface area contributed by atoms with Crippen LogP contribution >= 0.6 is 0 Å². The molecule has 0 aliphatic rings. The van der Waals surface area contributed by atoms with Gasteiger partial charge in [0.1, 0.15) is 11.6 Å². The number of benzene rings is 3. The Morgan fingerprint density at radius 2 is 1.49 bits per heavy atom. The van der Waals surface area contributed by atoms with Crippen molar-refractivity contribution in [2.24, 2.45) is 5.92 Å². The Kier molecular flexibility index (Phi) is 11.9. The Hall–Kier alpha value is -3.21. The molecule has 0 aromatic heterocycles. The molecule has 3 aromatic carbocycles. The van der Waals surface area contributed by atoms with Gasteiger partial charge in [0.05, 0.1) is 20.3 Å². The van der Waals surface area contributed by atoms with Crippen LogP contribution in [0, 0.1) is 17.8 Å². The van der Waals surface area contributed by atoms with E-state index in [0.717, 1.165) is 11.3 Å². The second-order valence-electron chi connectivity index (χ2n) is 11.3. The molecule has 0 saturated heterocycles. The molecule has 3 rings (SSSR count). The van der Waals surface area contributed by atoms with Crippen LogP contribution in [-0.2, 0) is 15.8 Å². The van der Waals surface area contributed by atoms with Crippen LogP contribution in [0.15, 0.2) is 96.8 Å². The number of methoxy groups -OCH3 is 1. The summed E-state index contributed by atoms with van der Waals surface area (Å²) in [7, 11) is -1.15. The average molecular weight is 575 g/mol. The summed E-state index contributed by atoms with van der Waals surface area (Å²) in [6.45, 7) is 11.4. The largest absolute Gasteiger partial charge is 0.497 e. The maximum absolute atomic E-state index is 15.0. The zero-order valence-corrected chi connectivity index (χ0v) is 26.1. The Morgan fingerprint density at radius 3 is 2.00 bits per heavy atom. The monoisotopic (exact) mass is 574 g/mol. The summed E-state index contributed by atoms with van der Waals surface area (Å²) in [6, 6.07) is 28.4. The highest BCUT2D eigenvalue weighted by Gasteiger charge is 2.51. The van der Waals surface area contributed by atoms with Crippen LogP contribution < -0.4 is 15.1 Å². The Bertz CT molecular complexity index is 1250. The molecule has 3 aromatic rings. The third kappa shape index (κ3) is 8.64. The van der Waals surface area contributed by atoms with E-state index in [-0.39, 0.29) is 17.1 Å². The molecule has 0 fully saturated rings. The molecule has 6 heteroatoms. The standard InChI is InChI=1S/C35H43FO4Si/c1-27(25-33(36)34(37)19-13-14-24-39-26-29-20-22-30(38-6)23-21-29)28(2)40-41(35(3,4)5,31-15-9-7-10-16-31)32-17-11-8-12-18-32/h7-12,15-18,20-23,25,27-28,34,37H,14,24,26H2,1-6H3/b33-25+/t27-,28+,34?/m1/s1. The van der Waals surface area contributed by atoms with Crippen molar-refractivity contribution in [3.8, 4) is 17.6 Å². The summed E-state index contributed by atoms with van der Waals surface area (Å²) in [4.78, 5) is 0. The van der Waals surface area contributed by atoms with Crippen molar-refractivity contribution < 1.29 is 23.4 Å². The lowest BCUT2D eigenvalue weighted by atomic mass is 10.0. The van der Waals surface area contributed by atoms with E-state index in [9.17, 15) is 5.11 Å². The van der Waals surface area contributed by atoms with E-state index in [0.29, 0.717) is 19.6 Å². The fourth-order valence-electron chi connectivity index (χ4n) is 4.83. The van der Waals surface area contributed by atoms with Crippen molar-refractivity contribution in [1.82, 2.24) is 0 Å². The summed E-state index contributed by atoms with van der Waals surface area (Å²) >= 11 is 0. The van der Waals surface area contributed by atoms with E-state index in [1.165, 1.54) is 16.4 Å². The van der Waals surface area contributed by atoms with Gasteiger partial charge in [0.15, 0.2) is 6.10 Å².